The third kappa shape index (κ3) is 4.52. The standard InChI is InChI=1S/C26H27N2O6PS/c1-16-15-26(32-12-13-33-26)11-10-20(16)27-25-28-21-7-3-6-19(24(21)36-25)17-4-2-5-18(14-17)22-8-9-23(34-22)35(29,30)31/h2-9,14,16,20H,10-13,15H2,1H3,(H,27,28)(H2,29,30,31)/t16-,20-/m1/s1. The van der Waals surface area contributed by atoms with E-state index in [2.05, 4.69) is 18.3 Å². The van der Waals surface area contributed by atoms with Gasteiger partial charge < -0.3 is 29.0 Å². The first kappa shape index (κ1) is 23.9. The molecule has 2 fully saturated rings. The summed E-state index contributed by atoms with van der Waals surface area (Å²) in [4.78, 5) is 23.6. The van der Waals surface area contributed by atoms with Gasteiger partial charge in [0.05, 0.1) is 23.4 Å². The maximum Gasteiger partial charge on any atom is 0.391 e. The minimum atomic E-state index is -4.44. The first-order chi connectivity index (χ1) is 17.3. The molecule has 0 bridgehead atoms. The molecule has 4 aromatic rings. The van der Waals surface area contributed by atoms with E-state index in [0.717, 1.165) is 51.3 Å². The number of aromatic nitrogens is 1. The van der Waals surface area contributed by atoms with Gasteiger partial charge in [-0.15, -0.1) is 0 Å². The number of ether oxygens (including phenoxy) is 2. The molecule has 1 saturated heterocycles. The van der Waals surface area contributed by atoms with E-state index in [1.807, 2.05) is 36.4 Å². The van der Waals surface area contributed by atoms with Crippen molar-refractivity contribution in [2.24, 2.45) is 5.92 Å². The Bertz CT molecular complexity index is 1450. The van der Waals surface area contributed by atoms with Crippen molar-refractivity contribution in [3.8, 4) is 22.5 Å². The molecule has 2 aliphatic rings. The van der Waals surface area contributed by atoms with Crippen molar-refractivity contribution in [2.45, 2.75) is 38.0 Å². The fraction of sp³-hybridized carbons (Fsp3) is 0.346. The minimum absolute atomic E-state index is 0.304. The lowest BCUT2D eigenvalue weighted by Gasteiger charge is -2.39. The van der Waals surface area contributed by atoms with Crippen LogP contribution in [0.15, 0.2) is 59.0 Å². The number of furan rings is 1. The van der Waals surface area contributed by atoms with E-state index in [1.54, 1.807) is 17.4 Å². The van der Waals surface area contributed by atoms with Crippen LogP contribution >= 0.6 is 18.9 Å². The summed E-state index contributed by atoms with van der Waals surface area (Å²) in [7, 11) is -4.44. The quantitative estimate of drug-likeness (QED) is 0.298. The van der Waals surface area contributed by atoms with Gasteiger partial charge in [0, 0.05) is 30.0 Å². The van der Waals surface area contributed by atoms with Crippen molar-refractivity contribution in [1.29, 1.82) is 0 Å². The molecule has 188 valence electrons. The number of rotatable bonds is 5. The van der Waals surface area contributed by atoms with Crippen LogP contribution in [0.4, 0.5) is 5.13 Å². The summed E-state index contributed by atoms with van der Waals surface area (Å²) < 4.78 is 29.9. The van der Waals surface area contributed by atoms with E-state index < -0.39 is 13.4 Å². The van der Waals surface area contributed by atoms with Gasteiger partial charge >= 0.3 is 7.60 Å². The maximum atomic E-state index is 11.5. The average molecular weight is 527 g/mol. The monoisotopic (exact) mass is 526 g/mol. The first-order valence-electron chi connectivity index (χ1n) is 12.0. The van der Waals surface area contributed by atoms with Crippen LogP contribution in [0.1, 0.15) is 26.2 Å². The lowest BCUT2D eigenvalue weighted by molar-refractivity contribution is -0.186. The summed E-state index contributed by atoms with van der Waals surface area (Å²) in [6.45, 7) is 3.59. The van der Waals surface area contributed by atoms with Gasteiger partial charge in [0.2, 0.25) is 5.50 Å². The van der Waals surface area contributed by atoms with Gasteiger partial charge in [0.1, 0.15) is 5.76 Å². The molecule has 6 rings (SSSR count). The third-order valence-corrected chi connectivity index (χ3v) is 8.88. The number of anilines is 1. The Kier molecular flexibility index (Phi) is 6.03. The van der Waals surface area contributed by atoms with Gasteiger partial charge in [0.25, 0.3) is 0 Å². The van der Waals surface area contributed by atoms with E-state index >= 15 is 0 Å². The molecule has 3 N–H and O–H groups in total. The third-order valence-electron chi connectivity index (χ3n) is 7.03. The Balaban J connectivity index is 1.26. The largest absolute Gasteiger partial charge is 0.448 e. The Labute approximate surface area is 212 Å². The second kappa shape index (κ2) is 9.10. The summed E-state index contributed by atoms with van der Waals surface area (Å²) in [5, 5.41) is 4.56. The highest BCUT2D eigenvalue weighted by atomic mass is 32.1. The second-order valence-electron chi connectivity index (χ2n) is 9.51. The predicted molar refractivity (Wildman–Crippen MR) is 139 cm³/mol. The Morgan fingerprint density at radius 1 is 1.08 bits per heavy atom. The number of fused-ring (bicyclic) bond motifs is 1. The topological polar surface area (TPSA) is 114 Å². The fourth-order valence-corrected chi connectivity index (χ4v) is 6.79. The van der Waals surface area contributed by atoms with E-state index in [4.69, 9.17) is 18.9 Å². The SMILES string of the molecule is C[C@@H]1CC2(CC[C@H]1Nc1nc3cccc(-c4cccc(-c5ccc(P(=O)(O)O)o5)c4)c3s1)OCCO2. The van der Waals surface area contributed by atoms with Crippen molar-refractivity contribution in [3.63, 3.8) is 0 Å². The highest BCUT2D eigenvalue weighted by Crippen LogP contribution is 2.42. The Morgan fingerprint density at radius 2 is 1.86 bits per heavy atom. The number of nitrogens with one attached hydrogen (secondary N) is 1. The minimum Gasteiger partial charge on any atom is -0.448 e. The van der Waals surface area contributed by atoms with Crippen molar-refractivity contribution in [3.05, 3.63) is 54.6 Å². The average Bonchev–Trinajstić information content (AvgIpc) is 3.60. The number of hydrogen-bond acceptors (Lipinski definition) is 7. The molecule has 3 heterocycles. The zero-order valence-corrected chi connectivity index (χ0v) is 21.4. The smallest absolute Gasteiger partial charge is 0.391 e. The number of nitrogens with zero attached hydrogens (tertiary/aromatic N) is 1. The van der Waals surface area contributed by atoms with Crippen LogP contribution < -0.4 is 10.8 Å². The normalized spacial score (nSPS) is 21.9. The molecule has 2 atom stereocenters. The lowest BCUT2D eigenvalue weighted by atomic mass is 9.82. The van der Waals surface area contributed by atoms with Gasteiger partial charge in [-0.2, -0.15) is 0 Å². The molecule has 2 aromatic heterocycles. The van der Waals surface area contributed by atoms with Gasteiger partial charge in [-0.25, -0.2) is 4.98 Å². The molecule has 0 unspecified atom stereocenters. The van der Waals surface area contributed by atoms with E-state index in [0.29, 0.717) is 30.9 Å². The fourth-order valence-electron chi connectivity index (χ4n) is 5.24. The van der Waals surface area contributed by atoms with Crippen LogP contribution in [0.3, 0.4) is 0 Å². The molecule has 36 heavy (non-hydrogen) atoms. The Morgan fingerprint density at radius 3 is 2.61 bits per heavy atom. The molecular formula is C26H27N2O6PS. The molecule has 1 saturated carbocycles. The van der Waals surface area contributed by atoms with Crippen LogP contribution in [-0.2, 0) is 14.0 Å². The van der Waals surface area contributed by atoms with Crippen LogP contribution in [0.5, 0.6) is 0 Å². The summed E-state index contributed by atoms with van der Waals surface area (Å²) in [5.74, 6) is 0.406. The van der Waals surface area contributed by atoms with Crippen LogP contribution in [-0.4, -0.2) is 39.8 Å². The summed E-state index contributed by atoms with van der Waals surface area (Å²) in [6.07, 6.45) is 2.73. The van der Waals surface area contributed by atoms with Crippen molar-refractivity contribution >= 4 is 39.8 Å². The molecule has 1 aliphatic heterocycles. The lowest BCUT2D eigenvalue weighted by Crippen LogP contribution is -2.44. The second-order valence-corrected chi connectivity index (χ2v) is 12.0. The van der Waals surface area contributed by atoms with Crippen molar-refractivity contribution in [2.75, 3.05) is 18.5 Å². The predicted octanol–water partition coefficient (Wildman–Crippen LogP) is 5.37. The zero-order valence-electron chi connectivity index (χ0n) is 19.7. The molecule has 0 amide bonds. The van der Waals surface area contributed by atoms with Gasteiger partial charge in [-0.1, -0.05) is 48.6 Å². The van der Waals surface area contributed by atoms with Gasteiger partial charge in [-0.05, 0) is 42.2 Å². The van der Waals surface area contributed by atoms with Crippen molar-refractivity contribution in [1.82, 2.24) is 4.98 Å². The summed E-state index contributed by atoms with van der Waals surface area (Å²) in [5.41, 5.74) is 3.36. The molecule has 1 spiro atoms. The first-order valence-corrected chi connectivity index (χ1v) is 14.4. The highest BCUT2D eigenvalue weighted by molar-refractivity contribution is 7.59. The number of thiazole rings is 1. The summed E-state index contributed by atoms with van der Waals surface area (Å²) >= 11 is 1.64. The summed E-state index contributed by atoms with van der Waals surface area (Å²) in [6, 6.07) is 17.0. The number of hydrogen-bond donors (Lipinski definition) is 3. The number of benzene rings is 2. The maximum absolute atomic E-state index is 11.5. The molecule has 0 radical (unpaired) electrons. The van der Waals surface area contributed by atoms with Gasteiger partial charge in [-0.3, -0.25) is 4.57 Å². The zero-order chi connectivity index (χ0) is 24.9. The van der Waals surface area contributed by atoms with E-state index in [-0.39, 0.29) is 5.50 Å². The molecular weight excluding hydrogens is 499 g/mol. The van der Waals surface area contributed by atoms with Gasteiger partial charge in [0.15, 0.2) is 10.9 Å². The molecule has 2 aromatic carbocycles. The molecule has 8 nitrogen and oxygen atoms in total. The Hall–Kier alpha value is -2.52. The van der Waals surface area contributed by atoms with Crippen molar-refractivity contribution < 1.29 is 28.2 Å². The van der Waals surface area contributed by atoms with Crippen LogP contribution in [0, 0.1) is 5.92 Å². The van der Waals surface area contributed by atoms with Crippen LogP contribution in [0.2, 0.25) is 0 Å². The molecule has 1 aliphatic carbocycles. The molecule has 10 heteroatoms. The van der Waals surface area contributed by atoms with Crippen LogP contribution in [0.25, 0.3) is 32.7 Å². The highest BCUT2D eigenvalue weighted by Gasteiger charge is 2.43. The van der Waals surface area contributed by atoms with E-state index in [9.17, 15) is 14.4 Å². The van der Waals surface area contributed by atoms with E-state index in [1.165, 1.54) is 6.07 Å².